The number of β-amino-alcohol motifs (C(OH)–C–C–N with tert-alkyl or cyclic N) is 1. The third-order valence-electron chi connectivity index (χ3n) is 4.70. The lowest BCUT2D eigenvalue weighted by molar-refractivity contribution is 0.0901. The molecule has 1 aliphatic rings. The van der Waals surface area contributed by atoms with Crippen molar-refractivity contribution in [1.29, 1.82) is 0 Å². The van der Waals surface area contributed by atoms with Crippen molar-refractivity contribution in [3.63, 3.8) is 0 Å². The monoisotopic (exact) mass is 330 g/mol. The minimum atomic E-state index is -0.410. The summed E-state index contributed by atoms with van der Waals surface area (Å²) in [5, 5.41) is 18.3. The number of aryl methyl sites for hydroxylation is 1. The molecule has 2 heterocycles. The van der Waals surface area contributed by atoms with Crippen LogP contribution in [0.4, 0.5) is 6.01 Å². The van der Waals surface area contributed by atoms with E-state index >= 15 is 0 Å². The van der Waals surface area contributed by atoms with Gasteiger partial charge in [0, 0.05) is 27.1 Å². The van der Waals surface area contributed by atoms with Gasteiger partial charge in [-0.2, -0.15) is 0 Å². The highest BCUT2D eigenvalue weighted by Crippen LogP contribution is 2.22. The van der Waals surface area contributed by atoms with Gasteiger partial charge in [-0.3, -0.25) is 0 Å². The number of piperidine rings is 1. The summed E-state index contributed by atoms with van der Waals surface area (Å²) in [5.41, 5.74) is 0.992. The van der Waals surface area contributed by atoms with E-state index in [9.17, 15) is 5.11 Å². The molecular weight excluding hydrogens is 304 g/mol. The fraction of sp³-hybridized carbons (Fsp3) is 0.556. The minimum absolute atomic E-state index is 0.410. The van der Waals surface area contributed by atoms with E-state index in [0.29, 0.717) is 24.4 Å². The molecule has 24 heavy (non-hydrogen) atoms. The molecule has 0 radical (unpaired) electrons. The number of hydrogen-bond acceptors (Lipinski definition) is 6. The first-order valence-corrected chi connectivity index (χ1v) is 8.58. The molecule has 1 aromatic heterocycles. The largest absolute Gasteiger partial charge is 0.408 e. The zero-order chi connectivity index (χ0) is 16.9. The average Bonchev–Trinajstić information content (AvgIpc) is 3.04. The second-order valence-corrected chi connectivity index (χ2v) is 6.65. The van der Waals surface area contributed by atoms with Gasteiger partial charge in [-0.25, -0.2) is 0 Å². The maximum atomic E-state index is 10.4. The normalized spacial score (nSPS) is 17.8. The molecule has 0 saturated carbocycles. The topological polar surface area (TPSA) is 65.6 Å². The van der Waals surface area contributed by atoms with Gasteiger partial charge in [-0.05, 0) is 37.4 Å². The van der Waals surface area contributed by atoms with Crippen LogP contribution in [0.1, 0.15) is 30.4 Å². The second kappa shape index (κ2) is 7.77. The molecule has 0 bridgehead atoms. The van der Waals surface area contributed by atoms with Crippen molar-refractivity contribution in [2.45, 2.75) is 25.9 Å². The Morgan fingerprint density at radius 2 is 1.96 bits per heavy atom. The first-order valence-electron chi connectivity index (χ1n) is 8.58. The van der Waals surface area contributed by atoms with Crippen molar-refractivity contribution in [2.24, 2.45) is 5.92 Å². The quantitative estimate of drug-likeness (QED) is 0.876. The number of aromatic nitrogens is 2. The molecule has 6 nitrogen and oxygen atoms in total. The van der Waals surface area contributed by atoms with Crippen LogP contribution in [0.15, 0.2) is 34.7 Å². The summed E-state index contributed by atoms with van der Waals surface area (Å²) in [6, 6.07) is 10.5. The molecule has 1 aliphatic heterocycles. The molecule has 2 aromatic rings. The number of aliphatic hydroxyl groups is 1. The lowest BCUT2D eigenvalue weighted by atomic mass is 9.96. The summed E-state index contributed by atoms with van der Waals surface area (Å²) < 4.78 is 5.47. The summed E-state index contributed by atoms with van der Waals surface area (Å²) in [6.45, 7) is 5.48. The van der Waals surface area contributed by atoms with E-state index in [-0.39, 0.29) is 0 Å². The van der Waals surface area contributed by atoms with Crippen molar-refractivity contribution < 1.29 is 9.52 Å². The first-order chi connectivity index (χ1) is 11.6. The Hall–Kier alpha value is -1.92. The maximum Gasteiger partial charge on any atom is 0.317 e. The maximum absolute atomic E-state index is 10.4. The number of anilines is 1. The minimum Gasteiger partial charge on any atom is -0.408 e. The Bertz CT molecular complexity index is 623. The van der Waals surface area contributed by atoms with Crippen LogP contribution >= 0.6 is 0 Å². The molecule has 0 aliphatic carbocycles. The van der Waals surface area contributed by atoms with E-state index in [1.54, 1.807) is 6.92 Å². The molecule has 1 saturated heterocycles. The predicted octanol–water partition coefficient (Wildman–Crippen LogP) is 2.26. The molecule has 0 amide bonds. The van der Waals surface area contributed by atoms with Gasteiger partial charge in [0.1, 0.15) is 0 Å². The third kappa shape index (κ3) is 4.33. The number of hydrogen-bond donors (Lipinski definition) is 1. The van der Waals surface area contributed by atoms with Crippen molar-refractivity contribution in [3.05, 3.63) is 41.8 Å². The summed E-state index contributed by atoms with van der Waals surface area (Å²) in [7, 11) is 2.00. The number of rotatable bonds is 6. The third-order valence-corrected chi connectivity index (χ3v) is 4.70. The highest BCUT2D eigenvalue weighted by atomic mass is 16.4. The molecular formula is C18H26N4O2. The van der Waals surface area contributed by atoms with Crippen molar-refractivity contribution in [2.75, 3.05) is 38.1 Å². The summed E-state index contributed by atoms with van der Waals surface area (Å²) in [5.74, 6) is 1.22. The lowest BCUT2D eigenvalue weighted by Gasteiger charge is -2.34. The van der Waals surface area contributed by atoms with Crippen molar-refractivity contribution in [3.8, 4) is 0 Å². The van der Waals surface area contributed by atoms with E-state index in [1.807, 2.05) is 42.3 Å². The van der Waals surface area contributed by atoms with Crippen LogP contribution in [-0.4, -0.2) is 53.4 Å². The molecule has 1 fully saturated rings. The predicted molar refractivity (Wildman–Crippen MR) is 92.9 cm³/mol. The van der Waals surface area contributed by atoms with Gasteiger partial charge in [0.2, 0.25) is 5.89 Å². The van der Waals surface area contributed by atoms with E-state index in [2.05, 4.69) is 15.1 Å². The fourth-order valence-electron chi connectivity index (χ4n) is 3.28. The average molecular weight is 330 g/mol. The number of aliphatic hydroxyl groups excluding tert-OH is 1. The van der Waals surface area contributed by atoms with Gasteiger partial charge in [0.05, 0.1) is 6.10 Å². The summed E-state index contributed by atoms with van der Waals surface area (Å²) >= 11 is 0. The van der Waals surface area contributed by atoms with Crippen molar-refractivity contribution >= 4 is 6.01 Å². The SMILES string of the molecule is Cc1nnc(N(C)CC2CCN(CC(O)c3ccccc3)CC2)o1. The second-order valence-electron chi connectivity index (χ2n) is 6.65. The van der Waals surface area contributed by atoms with Gasteiger partial charge in [0.25, 0.3) is 0 Å². The van der Waals surface area contributed by atoms with Crippen LogP contribution in [0.5, 0.6) is 0 Å². The first kappa shape index (κ1) is 16.9. The lowest BCUT2D eigenvalue weighted by Crippen LogP contribution is -2.39. The van der Waals surface area contributed by atoms with Gasteiger partial charge < -0.3 is 19.3 Å². The van der Waals surface area contributed by atoms with Gasteiger partial charge in [-0.1, -0.05) is 35.4 Å². The van der Waals surface area contributed by atoms with Gasteiger partial charge in [0.15, 0.2) is 0 Å². The standard InChI is InChI=1S/C18H26N4O2/c1-14-19-20-18(24-14)21(2)12-15-8-10-22(11-9-15)13-17(23)16-6-4-3-5-7-16/h3-7,15,17,23H,8-13H2,1-2H3. The van der Waals surface area contributed by atoms with Gasteiger partial charge in [-0.15, -0.1) is 5.10 Å². The fourth-order valence-corrected chi connectivity index (χ4v) is 3.28. The van der Waals surface area contributed by atoms with Crippen LogP contribution < -0.4 is 4.90 Å². The van der Waals surface area contributed by atoms with E-state index < -0.39 is 6.10 Å². The molecule has 1 N–H and O–H groups in total. The molecule has 1 aromatic carbocycles. The van der Waals surface area contributed by atoms with Crippen LogP contribution in [0, 0.1) is 12.8 Å². The summed E-state index contributed by atoms with van der Waals surface area (Å²) in [6.07, 6.45) is 1.84. The van der Waals surface area contributed by atoms with E-state index in [0.717, 1.165) is 38.0 Å². The highest BCUT2D eigenvalue weighted by Gasteiger charge is 2.23. The molecule has 130 valence electrons. The zero-order valence-corrected chi connectivity index (χ0v) is 14.4. The molecule has 3 rings (SSSR count). The van der Waals surface area contributed by atoms with Crippen LogP contribution in [0.2, 0.25) is 0 Å². The van der Waals surface area contributed by atoms with Crippen LogP contribution in [0.25, 0.3) is 0 Å². The molecule has 1 atom stereocenters. The number of benzene rings is 1. The van der Waals surface area contributed by atoms with Crippen molar-refractivity contribution in [1.82, 2.24) is 15.1 Å². The Labute approximate surface area is 143 Å². The number of likely N-dealkylation sites (tertiary alicyclic amines) is 1. The Morgan fingerprint density at radius 1 is 1.25 bits per heavy atom. The van der Waals surface area contributed by atoms with Gasteiger partial charge >= 0.3 is 6.01 Å². The molecule has 6 heteroatoms. The Kier molecular flexibility index (Phi) is 5.48. The molecule has 0 spiro atoms. The zero-order valence-electron chi connectivity index (χ0n) is 14.4. The summed E-state index contributed by atoms with van der Waals surface area (Å²) in [4.78, 5) is 4.39. The van der Waals surface area contributed by atoms with E-state index in [4.69, 9.17) is 4.42 Å². The van der Waals surface area contributed by atoms with E-state index in [1.165, 1.54) is 0 Å². The Morgan fingerprint density at radius 3 is 2.58 bits per heavy atom. The highest BCUT2D eigenvalue weighted by molar-refractivity contribution is 5.22. The van der Waals surface area contributed by atoms with Crippen LogP contribution in [-0.2, 0) is 0 Å². The smallest absolute Gasteiger partial charge is 0.317 e. The van der Waals surface area contributed by atoms with Crippen LogP contribution in [0.3, 0.4) is 0 Å². The number of nitrogens with zero attached hydrogens (tertiary/aromatic N) is 4. The molecule has 1 unspecified atom stereocenters. The Balaban J connectivity index is 1.44.